The Kier molecular flexibility index (Phi) is 8.16. The summed E-state index contributed by atoms with van der Waals surface area (Å²) in [5, 5.41) is 11.6. The van der Waals surface area contributed by atoms with Crippen LogP contribution in [0.25, 0.3) is 0 Å². The lowest BCUT2D eigenvalue weighted by molar-refractivity contribution is -0.227. The molecular weight excluding hydrogens is 511 g/mol. The molecule has 0 aromatic rings. The molecule has 0 heterocycles. The molecule has 37 heavy (non-hydrogen) atoms. The van der Waals surface area contributed by atoms with Crippen LogP contribution in [0.1, 0.15) is 79.6 Å². The van der Waals surface area contributed by atoms with Gasteiger partial charge in [-0.3, -0.25) is 14.4 Å². The van der Waals surface area contributed by atoms with E-state index < -0.39 is 40.1 Å². The number of hydrogen-bond donors (Lipinski definition) is 1. The third kappa shape index (κ3) is 4.19. The summed E-state index contributed by atoms with van der Waals surface area (Å²) in [5.41, 5.74) is -4.63. The number of halogens is 1. The van der Waals surface area contributed by atoms with Gasteiger partial charge < -0.3 is 9.84 Å². The highest BCUT2D eigenvalue weighted by Gasteiger charge is 2.77. The molecule has 4 aliphatic rings. The molecule has 0 spiro atoms. The van der Waals surface area contributed by atoms with Gasteiger partial charge in [-0.25, -0.2) is 4.39 Å². The zero-order valence-electron chi connectivity index (χ0n) is 22.7. The number of alkyl halides is 1. The maximum atomic E-state index is 17.5. The van der Waals surface area contributed by atoms with Crippen LogP contribution in [0, 0.1) is 28.6 Å². The second-order valence-electron chi connectivity index (χ2n) is 11.9. The van der Waals surface area contributed by atoms with Crippen LogP contribution < -0.4 is 0 Å². The number of carbonyl (C=O) groups excluding carboxylic acids is 3. The Hall–Kier alpha value is -1.12. The number of fused-ring (bicyclic) bond motifs is 5. The molecule has 4 aliphatic carbocycles. The number of aliphatic hydroxyl groups excluding tert-OH is 1. The molecule has 0 radical (unpaired) electrons. The minimum atomic E-state index is -1.98. The molecule has 0 bridgehead atoms. The molecule has 5 nitrogen and oxygen atoms in total. The molecule has 8 heteroatoms. The van der Waals surface area contributed by atoms with Crippen molar-refractivity contribution in [3.05, 3.63) is 23.8 Å². The third-order valence-corrected chi connectivity index (χ3v) is 12.4. The average Bonchev–Trinajstić information content (AvgIpc) is 3.05. The SMILES string of the molecule is CCCSSCC(=O)[C@@]1(OC(=O)CCC)[C@@H](C)C[C@H]2[C@@H]3CCC4=CC(=O)C=C[C@]4(C)[C@@]3(F)[C@@H](O)C[C@@]21C. The van der Waals surface area contributed by atoms with Crippen molar-refractivity contribution in [3.63, 3.8) is 0 Å². The maximum Gasteiger partial charge on any atom is 0.306 e. The van der Waals surface area contributed by atoms with E-state index >= 15 is 4.39 Å². The number of esters is 1. The fourth-order valence-corrected chi connectivity index (χ4v) is 10.3. The van der Waals surface area contributed by atoms with E-state index in [4.69, 9.17) is 4.74 Å². The number of hydrogen-bond acceptors (Lipinski definition) is 7. The van der Waals surface area contributed by atoms with Crippen LogP contribution in [0.15, 0.2) is 23.8 Å². The first-order chi connectivity index (χ1) is 17.4. The van der Waals surface area contributed by atoms with Crippen molar-refractivity contribution < 1.29 is 28.6 Å². The Morgan fingerprint density at radius 2 is 1.92 bits per heavy atom. The Morgan fingerprint density at radius 1 is 1.19 bits per heavy atom. The van der Waals surface area contributed by atoms with Crippen LogP contribution >= 0.6 is 21.6 Å². The molecule has 0 aromatic heterocycles. The van der Waals surface area contributed by atoms with Crippen LogP contribution in [0.3, 0.4) is 0 Å². The van der Waals surface area contributed by atoms with Gasteiger partial charge in [0.1, 0.15) is 0 Å². The number of allylic oxidation sites excluding steroid dienone is 4. The van der Waals surface area contributed by atoms with Crippen LogP contribution in [-0.4, -0.2) is 51.5 Å². The lowest BCUT2D eigenvalue weighted by Gasteiger charge is -2.62. The number of Topliss-reactive ketones (excluding diaryl/α,β-unsaturated/α-hetero) is 1. The monoisotopic (exact) mass is 552 g/mol. The van der Waals surface area contributed by atoms with E-state index in [0.29, 0.717) is 25.7 Å². The van der Waals surface area contributed by atoms with E-state index in [1.165, 1.54) is 22.9 Å². The normalized spacial score (nSPS) is 42.5. The van der Waals surface area contributed by atoms with Crippen molar-refractivity contribution in [1.82, 2.24) is 0 Å². The van der Waals surface area contributed by atoms with Crippen molar-refractivity contribution >= 4 is 39.1 Å². The minimum absolute atomic E-state index is 0.0254. The first-order valence-corrected chi connectivity index (χ1v) is 16.2. The summed E-state index contributed by atoms with van der Waals surface area (Å²) >= 11 is 0. The van der Waals surface area contributed by atoms with E-state index in [-0.39, 0.29) is 42.0 Å². The van der Waals surface area contributed by atoms with Crippen LogP contribution in [0.5, 0.6) is 0 Å². The van der Waals surface area contributed by atoms with E-state index in [1.54, 1.807) is 23.8 Å². The molecule has 206 valence electrons. The zero-order chi connectivity index (χ0) is 27.2. The fourth-order valence-electron chi connectivity index (χ4n) is 8.18. The minimum Gasteiger partial charge on any atom is -0.450 e. The van der Waals surface area contributed by atoms with E-state index in [9.17, 15) is 19.5 Å². The molecule has 0 amide bonds. The molecule has 0 aliphatic heterocycles. The summed E-state index contributed by atoms with van der Waals surface area (Å²) in [6.45, 7) is 9.67. The standard InChI is InChI=1S/C29H41FO5S2/c1-6-8-25(34)35-29(24(33)17-37-36-13-7-2)18(3)14-22-21-10-9-19-15-20(31)11-12-26(19,4)28(21,30)23(32)16-27(22,29)5/h11-12,15,18,21-23,32H,6-10,13-14,16-17H2,1-5H3/t18-,21-,22-,23-,26-,27-,28-,29-/m0/s1. The Morgan fingerprint density at radius 3 is 2.59 bits per heavy atom. The van der Waals surface area contributed by atoms with Crippen molar-refractivity contribution in [2.24, 2.45) is 28.6 Å². The first kappa shape index (κ1) is 28.9. The van der Waals surface area contributed by atoms with Gasteiger partial charge in [0.2, 0.25) is 0 Å². The summed E-state index contributed by atoms with van der Waals surface area (Å²) in [7, 11) is 3.11. The van der Waals surface area contributed by atoms with E-state index in [1.807, 2.05) is 20.8 Å². The molecule has 0 saturated heterocycles. The second-order valence-corrected chi connectivity index (χ2v) is 14.5. The fraction of sp³-hybridized carbons (Fsp3) is 0.759. The van der Waals surface area contributed by atoms with Gasteiger partial charge in [0.25, 0.3) is 0 Å². The predicted molar refractivity (Wildman–Crippen MR) is 147 cm³/mol. The van der Waals surface area contributed by atoms with Gasteiger partial charge in [-0.15, -0.1) is 0 Å². The predicted octanol–water partition coefficient (Wildman–Crippen LogP) is 6.05. The highest BCUT2D eigenvalue weighted by atomic mass is 33.1. The van der Waals surface area contributed by atoms with Gasteiger partial charge in [-0.1, -0.05) is 60.9 Å². The van der Waals surface area contributed by atoms with Gasteiger partial charge in [0, 0.05) is 34.8 Å². The highest BCUT2D eigenvalue weighted by molar-refractivity contribution is 8.76. The van der Waals surface area contributed by atoms with Crippen molar-refractivity contribution in [1.29, 1.82) is 0 Å². The average molecular weight is 553 g/mol. The van der Waals surface area contributed by atoms with Crippen molar-refractivity contribution in [2.75, 3.05) is 11.5 Å². The van der Waals surface area contributed by atoms with Gasteiger partial charge in [0.15, 0.2) is 22.8 Å². The molecule has 4 rings (SSSR count). The highest BCUT2D eigenvalue weighted by Crippen LogP contribution is 2.71. The molecule has 3 fully saturated rings. The molecule has 3 saturated carbocycles. The first-order valence-electron chi connectivity index (χ1n) is 13.7. The van der Waals surface area contributed by atoms with Gasteiger partial charge in [-0.05, 0) is 63.5 Å². The summed E-state index contributed by atoms with van der Waals surface area (Å²) in [5.74, 6) is -0.624. The van der Waals surface area contributed by atoms with Crippen molar-refractivity contribution in [3.8, 4) is 0 Å². The number of aliphatic hydroxyl groups is 1. The number of rotatable bonds is 9. The Bertz CT molecular complexity index is 1010. The molecule has 1 N–H and O–H groups in total. The largest absolute Gasteiger partial charge is 0.450 e. The summed E-state index contributed by atoms with van der Waals surface area (Å²) in [6.07, 6.45) is 6.66. The van der Waals surface area contributed by atoms with Gasteiger partial charge >= 0.3 is 5.97 Å². The second kappa shape index (κ2) is 10.5. The van der Waals surface area contributed by atoms with Crippen molar-refractivity contribution in [2.45, 2.75) is 96.9 Å². The third-order valence-electron chi connectivity index (χ3n) is 9.89. The van der Waals surface area contributed by atoms with Crippen LogP contribution in [0.4, 0.5) is 4.39 Å². The summed E-state index contributed by atoms with van der Waals surface area (Å²) in [4.78, 5) is 39.1. The van der Waals surface area contributed by atoms with E-state index in [0.717, 1.165) is 17.7 Å². The molecule has 0 unspecified atom stereocenters. The molecular formula is C29H41FO5S2. The Balaban J connectivity index is 1.76. The van der Waals surface area contributed by atoms with E-state index in [2.05, 4.69) is 6.92 Å². The topological polar surface area (TPSA) is 80.7 Å². The summed E-state index contributed by atoms with van der Waals surface area (Å²) in [6, 6.07) is 0. The lowest BCUT2D eigenvalue weighted by Crippen LogP contribution is -2.70. The van der Waals surface area contributed by atoms with Gasteiger partial charge in [-0.2, -0.15) is 0 Å². The van der Waals surface area contributed by atoms with Crippen LogP contribution in [-0.2, 0) is 19.1 Å². The van der Waals surface area contributed by atoms with Gasteiger partial charge in [0.05, 0.1) is 11.9 Å². The quantitative estimate of drug-likeness (QED) is 0.212. The lowest BCUT2D eigenvalue weighted by atomic mass is 9.44. The number of ketones is 2. The maximum absolute atomic E-state index is 17.5. The number of ether oxygens (including phenoxy) is 1. The number of carbonyl (C=O) groups is 3. The summed E-state index contributed by atoms with van der Waals surface area (Å²) < 4.78 is 23.7. The molecule has 0 aromatic carbocycles. The smallest absolute Gasteiger partial charge is 0.306 e. The van der Waals surface area contributed by atoms with Crippen LogP contribution in [0.2, 0.25) is 0 Å². The zero-order valence-corrected chi connectivity index (χ0v) is 24.3. The Labute approximate surface area is 228 Å². The molecule has 8 atom stereocenters.